The summed E-state index contributed by atoms with van der Waals surface area (Å²) in [6.45, 7) is 2.02. The second-order valence-electron chi connectivity index (χ2n) is 6.74. The highest BCUT2D eigenvalue weighted by molar-refractivity contribution is 7.99. The monoisotopic (exact) mass is 370 g/mol. The molecule has 1 aliphatic rings. The van der Waals surface area contributed by atoms with Crippen LogP contribution in [0.3, 0.4) is 0 Å². The van der Waals surface area contributed by atoms with Crippen molar-refractivity contribution < 1.29 is 9.53 Å². The molecular formula is C21H26N2O2S. The molecule has 1 aromatic heterocycles. The Morgan fingerprint density at radius 2 is 1.92 bits per heavy atom. The van der Waals surface area contributed by atoms with E-state index < -0.39 is 0 Å². The van der Waals surface area contributed by atoms with E-state index in [0.29, 0.717) is 12.3 Å². The SMILES string of the molecule is Cc1ccc(OC2CCC(NC(=O)CCSc3ccccc3)CC2)nc1. The van der Waals surface area contributed by atoms with Crippen molar-refractivity contribution in [3.8, 4) is 5.88 Å². The number of benzene rings is 1. The molecule has 4 nitrogen and oxygen atoms in total. The fourth-order valence-electron chi connectivity index (χ4n) is 3.10. The number of nitrogens with zero attached hydrogens (tertiary/aromatic N) is 1. The number of pyridine rings is 1. The minimum Gasteiger partial charge on any atom is -0.474 e. The van der Waals surface area contributed by atoms with Gasteiger partial charge in [-0.2, -0.15) is 0 Å². The molecule has 1 saturated carbocycles. The molecule has 26 heavy (non-hydrogen) atoms. The first-order chi connectivity index (χ1) is 12.7. The second-order valence-corrected chi connectivity index (χ2v) is 7.91. The zero-order valence-corrected chi connectivity index (χ0v) is 16.0. The molecule has 5 heteroatoms. The lowest BCUT2D eigenvalue weighted by atomic mass is 9.93. The van der Waals surface area contributed by atoms with Crippen molar-refractivity contribution in [2.45, 2.75) is 56.1 Å². The van der Waals surface area contributed by atoms with Crippen LogP contribution in [0.15, 0.2) is 53.6 Å². The fraction of sp³-hybridized carbons (Fsp3) is 0.429. The van der Waals surface area contributed by atoms with Gasteiger partial charge in [-0.25, -0.2) is 4.98 Å². The van der Waals surface area contributed by atoms with Gasteiger partial charge in [0.25, 0.3) is 0 Å². The van der Waals surface area contributed by atoms with Crippen LogP contribution in [0.5, 0.6) is 5.88 Å². The lowest BCUT2D eigenvalue weighted by Gasteiger charge is -2.29. The van der Waals surface area contributed by atoms with Crippen molar-refractivity contribution in [1.29, 1.82) is 0 Å². The van der Waals surface area contributed by atoms with Gasteiger partial charge in [0.15, 0.2) is 0 Å². The Labute approximate surface area is 159 Å². The average molecular weight is 371 g/mol. The molecule has 0 aliphatic heterocycles. The molecule has 0 bridgehead atoms. The molecule has 138 valence electrons. The lowest BCUT2D eigenvalue weighted by molar-refractivity contribution is -0.121. The first-order valence-corrected chi connectivity index (χ1v) is 10.2. The van der Waals surface area contributed by atoms with Crippen LogP contribution in [0.1, 0.15) is 37.7 Å². The standard InChI is InChI=1S/C21H26N2O2S/c1-16-7-12-21(22-15-16)25-18-10-8-17(9-11-18)23-20(24)13-14-26-19-5-3-2-4-6-19/h2-7,12,15,17-18H,8-11,13-14H2,1H3,(H,23,24). The predicted molar refractivity (Wildman–Crippen MR) is 106 cm³/mol. The van der Waals surface area contributed by atoms with Gasteiger partial charge in [-0.15, -0.1) is 11.8 Å². The maximum absolute atomic E-state index is 12.1. The third-order valence-corrected chi connectivity index (χ3v) is 5.57. The Kier molecular flexibility index (Phi) is 6.95. The summed E-state index contributed by atoms with van der Waals surface area (Å²) in [5, 5.41) is 3.17. The number of thioether (sulfide) groups is 1. The third kappa shape index (κ3) is 6.06. The van der Waals surface area contributed by atoms with Crippen molar-refractivity contribution >= 4 is 17.7 Å². The van der Waals surface area contributed by atoms with E-state index in [9.17, 15) is 4.79 Å². The lowest BCUT2D eigenvalue weighted by Crippen LogP contribution is -2.39. The number of amides is 1. The Morgan fingerprint density at radius 1 is 1.15 bits per heavy atom. The molecule has 0 unspecified atom stereocenters. The van der Waals surface area contributed by atoms with Gasteiger partial charge in [0.1, 0.15) is 6.10 Å². The summed E-state index contributed by atoms with van der Waals surface area (Å²) >= 11 is 1.73. The number of carbonyl (C=O) groups is 1. The van der Waals surface area contributed by atoms with Crippen molar-refractivity contribution in [2.24, 2.45) is 0 Å². The van der Waals surface area contributed by atoms with E-state index >= 15 is 0 Å². The molecule has 3 rings (SSSR count). The van der Waals surface area contributed by atoms with Crippen LogP contribution in [0.2, 0.25) is 0 Å². The second kappa shape index (κ2) is 9.62. The Balaban J connectivity index is 1.33. The van der Waals surface area contributed by atoms with Gasteiger partial charge in [0.05, 0.1) is 0 Å². The quantitative estimate of drug-likeness (QED) is 0.735. The normalized spacial score (nSPS) is 19.7. The fourth-order valence-corrected chi connectivity index (χ4v) is 3.97. The molecule has 2 aromatic rings. The molecule has 1 heterocycles. The van der Waals surface area contributed by atoms with Gasteiger partial charge in [-0.1, -0.05) is 24.3 Å². The zero-order valence-electron chi connectivity index (χ0n) is 15.2. The summed E-state index contributed by atoms with van der Waals surface area (Å²) < 4.78 is 5.95. The van der Waals surface area contributed by atoms with Crippen LogP contribution in [-0.4, -0.2) is 28.8 Å². The van der Waals surface area contributed by atoms with Gasteiger partial charge in [0, 0.05) is 35.4 Å². The Bertz CT molecular complexity index is 683. The van der Waals surface area contributed by atoms with Crippen LogP contribution in [-0.2, 0) is 4.79 Å². The molecule has 1 amide bonds. The van der Waals surface area contributed by atoms with E-state index in [1.807, 2.05) is 43.5 Å². The van der Waals surface area contributed by atoms with Crippen LogP contribution >= 0.6 is 11.8 Å². The van der Waals surface area contributed by atoms with Gasteiger partial charge in [-0.05, 0) is 50.3 Å². The number of hydrogen-bond donors (Lipinski definition) is 1. The minimum atomic E-state index is 0.151. The largest absolute Gasteiger partial charge is 0.474 e. The highest BCUT2D eigenvalue weighted by Gasteiger charge is 2.23. The van der Waals surface area contributed by atoms with E-state index in [-0.39, 0.29) is 18.1 Å². The van der Waals surface area contributed by atoms with E-state index in [1.165, 1.54) is 4.90 Å². The van der Waals surface area contributed by atoms with Crippen LogP contribution in [0.25, 0.3) is 0 Å². The van der Waals surface area contributed by atoms with Gasteiger partial charge < -0.3 is 10.1 Å². The number of carbonyl (C=O) groups excluding carboxylic acids is 1. The predicted octanol–water partition coefficient (Wildman–Crippen LogP) is 4.38. The van der Waals surface area contributed by atoms with Crippen molar-refractivity contribution in [2.75, 3.05) is 5.75 Å². The summed E-state index contributed by atoms with van der Waals surface area (Å²) in [5.74, 6) is 1.66. The molecule has 0 spiro atoms. The van der Waals surface area contributed by atoms with E-state index in [0.717, 1.165) is 37.0 Å². The average Bonchev–Trinajstić information content (AvgIpc) is 2.66. The summed E-state index contributed by atoms with van der Waals surface area (Å²) in [4.78, 5) is 17.7. The Morgan fingerprint density at radius 3 is 2.62 bits per heavy atom. The number of hydrogen-bond acceptors (Lipinski definition) is 4. The number of aromatic nitrogens is 1. The van der Waals surface area contributed by atoms with E-state index in [1.54, 1.807) is 11.8 Å². The molecule has 0 radical (unpaired) electrons. The van der Waals surface area contributed by atoms with E-state index in [4.69, 9.17) is 4.74 Å². The minimum absolute atomic E-state index is 0.151. The third-order valence-electron chi connectivity index (χ3n) is 4.55. The number of aryl methyl sites for hydroxylation is 1. The topological polar surface area (TPSA) is 51.2 Å². The van der Waals surface area contributed by atoms with E-state index in [2.05, 4.69) is 22.4 Å². The number of ether oxygens (including phenoxy) is 1. The van der Waals surface area contributed by atoms with Gasteiger partial charge >= 0.3 is 0 Å². The summed E-state index contributed by atoms with van der Waals surface area (Å²) in [7, 11) is 0. The van der Waals surface area contributed by atoms with Crippen LogP contribution in [0.4, 0.5) is 0 Å². The molecule has 0 saturated heterocycles. The first-order valence-electron chi connectivity index (χ1n) is 9.25. The molecule has 1 aromatic carbocycles. The molecule has 1 N–H and O–H groups in total. The highest BCUT2D eigenvalue weighted by atomic mass is 32.2. The smallest absolute Gasteiger partial charge is 0.221 e. The first kappa shape index (κ1) is 18.8. The summed E-state index contributed by atoms with van der Waals surface area (Å²) in [5.41, 5.74) is 1.13. The maximum Gasteiger partial charge on any atom is 0.221 e. The van der Waals surface area contributed by atoms with Crippen molar-refractivity contribution in [1.82, 2.24) is 10.3 Å². The molecule has 1 fully saturated rings. The van der Waals surface area contributed by atoms with Gasteiger partial charge in [-0.3, -0.25) is 4.79 Å². The highest BCUT2D eigenvalue weighted by Crippen LogP contribution is 2.23. The van der Waals surface area contributed by atoms with Crippen LogP contribution < -0.4 is 10.1 Å². The zero-order chi connectivity index (χ0) is 18.2. The Hall–Kier alpha value is -2.01. The molecule has 0 atom stereocenters. The summed E-state index contributed by atoms with van der Waals surface area (Å²) in [6, 6.07) is 14.4. The number of nitrogens with one attached hydrogen (secondary N) is 1. The maximum atomic E-state index is 12.1. The van der Waals surface area contributed by atoms with Gasteiger partial charge in [0.2, 0.25) is 11.8 Å². The molecular weight excluding hydrogens is 344 g/mol. The van der Waals surface area contributed by atoms with Crippen molar-refractivity contribution in [3.63, 3.8) is 0 Å². The summed E-state index contributed by atoms with van der Waals surface area (Å²) in [6.07, 6.45) is 6.44. The molecule has 1 aliphatic carbocycles. The van der Waals surface area contributed by atoms with Crippen LogP contribution in [0, 0.1) is 6.92 Å². The number of rotatable bonds is 7. The van der Waals surface area contributed by atoms with Crippen molar-refractivity contribution in [3.05, 3.63) is 54.2 Å².